The number of rotatable bonds is 3. The molecule has 0 amide bonds. The standard InChI is InChI=1S/C22H18N4O4/c1-2-30-22(29)17-18(15-11-24-16-10-6-5-7-12(15)16)25-20(27)13-8-3-4-9-14(13)21(28)26(25)19(17)23/h3-11,18,24H,2,23H2,1H3. The van der Waals surface area contributed by atoms with E-state index in [1.807, 2.05) is 24.3 Å². The molecule has 0 spiro atoms. The van der Waals surface area contributed by atoms with Gasteiger partial charge in [-0.15, -0.1) is 0 Å². The number of ether oxygens (including phenoxy) is 1. The van der Waals surface area contributed by atoms with E-state index >= 15 is 0 Å². The Morgan fingerprint density at radius 3 is 2.37 bits per heavy atom. The first-order chi connectivity index (χ1) is 14.5. The fourth-order valence-electron chi connectivity index (χ4n) is 4.15. The van der Waals surface area contributed by atoms with E-state index in [0.29, 0.717) is 5.56 Å². The molecule has 0 bridgehead atoms. The molecule has 1 unspecified atom stereocenters. The number of esters is 1. The molecule has 0 aliphatic carbocycles. The highest BCUT2D eigenvalue weighted by Gasteiger charge is 2.39. The van der Waals surface area contributed by atoms with Gasteiger partial charge in [0.2, 0.25) is 0 Å². The fourth-order valence-corrected chi connectivity index (χ4v) is 4.15. The van der Waals surface area contributed by atoms with Crippen molar-refractivity contribution in [3.8, 4) is 0 Å². The van der Waals surface area contributed by atoms with E-state index in [4.69, 9.17) is 10.5 Å². The number of nitrogens with two attached hydrogens (primary N) is 1. The zero-order valence-electron chi connectivity index (χ0n) is 16.1. The molecule has 5 rings (SSSR count). The molecule has 150 valence electrons. The second kappa shape index (κ2) is 6.48. The van der Waals surface area contributed by atoms with E-state index in [9.17, 15) is 14.4 Å². The first-order valence-corrected chi connectivity index (χ1v) is 9.54. The molecule has 0 radical (unpaired) electrons. The van der Waals surface area contributed by atoms with Crippen molar-refractivity contribution in [3.05, 3.63) is 86.6 Å². The summed E-state index contributed by atoms with van der Waals surface area (Å²) in [7, 11) is 0. The molecule has 0 fully saturated rings. The van der Waals surface area contributed by atoms with Gasteiger partial charge in [-0.1, -0.05) is 30.3 Å². The van der Waals surface area contributed by atoms with E-state index in [1.165, 1.54) is 4.68 Å². The first-order valence-electron chi connectivity index (χ1n) is 9.54. The number of nitrogens with zero attached hydrogens (tertiary/aromatic N) is 2. The van der Waals surface area contributed by atoms with E-state index in [1.54, 1.807) is 37.4 Å². The van der Waals surface area contributed by atoms with Crippen LogP contribution < -0.4 is 16.9 Å². The minimum Gasteiger partial charge on any atom is -0.462 e. The predicted octanol–water partition coefficient (Wildman–Crippen LogP) is 1.94. The third-order valence-corrected chi connectivity index (χ3v) is 5.44. The van der Waals surface area contributed by atoms with E-state index in [-0.39, 0.29) is 28.8 Å². The Kier molecular flexibility index (Phi) is 3.89. The van der Waals surface area contributed by atoms with E-state index < -0.39 is 23.1 Å². The average molecular weight is 402 g/mol. The van der Waals surface area contributed by atoms with Gasteiger partial charge in [0.15, 0.2) is 0 Å². The van der Waals surface area contributed by atoms with Crippen molar-refractivity contribution in [1.82, 2.24) is 14.3 Å². The summed E-state index contributed by atoms with van der Waals surface area (Å²) < 4.78 is 7.57. The predicted molar refractivity (Wildman–Crippen MR) is 113 cm³/mol. The quantitative estimate of drug-likeness (QED) is 0.509. The molecule has 0 saturated heterocycles. The maximum absolute atomic E-state index is 13.4. The van der Waals surface area contributed by atoms with Crippen LogP contribution in [0.4, 0.5) is 0 Å². The van der Waals surface area contributed by atoms with Crippen molar-refractivity contribution < 1.29 is 9.53 Å². The maximum atomic E-state index is 13.4. The molecular weight excluding hydrogens is 384 g/mol. The number of nitrogens with one attached hydrogen (secondary N) is 1. The third-order valence-electron chi connectivity index (χ3n) is 5.44. The van der Waals surface area contributed by atoms with Gasteiger partial charge in [0.25, 0.3) is 11.1 Å². The lowest BCUT2D eigenvalue weighted by Gasteiger charge is -2.17. The summed E-state index contributed by atoms with van der Waals surface area (Å²) in [6.45, 7) is 1.82. The van der Waals surface area contributed by atoms with Gasteiger partial charge in [0.05, 0.1) is 17.4 Å². The molecule has 30 heavy (non-hydrogen) atoms. The summed E-state index contributed by atoms with van der Waals surface area (Å²) in [5.74, 6) is -0.763. The van der Waals surface area contributed by atoms with Crippen molar-refractivity contribution in [2.75, 3.05) is 6.61 Å². The normalized spacial score (nSPS) is 15.7. The van der Waals surface area contributed by atoms with Crippen molar-refractivity contribution in [2.45, 2.75) is 13.0 Å². The molecule has 1 aliphatic heterocycles. The summed E-state index contributed by atoms with van der Waals surface area (Å²) >= 11 is 0. The number of aromatic amines is 1. The number of hydrogen-bond acceptors (Lipinski definition) is 5. The summed E-state index contributed by atoms with van der Waals surface area (Å²) in [5.41, 5.74) is 6.97. The van der Waals surface area contributed by atoms with Gasteiger partial charge in [-0.3, -0.25) is 9.59 Å². The Morgan fingerprint density at radius 1 is 1.03 bits per heavy atom. The smallest absolute Gasteiger partial charge is 0.340 e. The number of carbonyl (C=O) groups is 1. The van der Waals surface area contributed by atoms with Crippen LogP contribution in [0.25, 0.3) is 27.5 Å². The van der Waals surface area contributed by atoms with Crippen LogP contribution >= 0.6 is 0 Å². The summed E-state index contributed by atoms with van der Waals surface area (Å²) in [6, 6.07) is 13.2. The molecule has 3 heterocycles. The second-order valence-electron chi connectivity index (χ2n) is 7.02. The lowest BCUT2D eigenvalue weighted by molar-refractivity contribution is -0.138. The van der Waals surface area contributed by atoms with Crippen LogP contribution in [0, 0.1) is 0 Å². The molecule has 2 aromatic heterocycles. The van der Waals surface area contributed by atoms with Crippen LogP contribution in [-0.2, 0) is 9.53 Å². The Morgan fingerprint density at radius 2 is 1.67 bits per heavy atom. The Bertz CT molecular complexity index is 1490. The molecule has 1 aliphatic rings. The van der Waals surface area contributed by atoms with Gasteiger partial charge in [0, 0.05) is 22.7 Å². The number of benzene rings is 2. The van der Waals surface area contributed by atoms with Crippen molar-refractivity contribution in [3.63, 3.8) is 0 Å². The molecule has 1 atom stereocenters. The van der Waals surface area contributed by atoms with E-state index in [2.05, 4.69) is 4.98 Å². The van der Waals surface area contributed by atoms with Crippen LogP contribution in [0.1, 0.15) is 18.5 Å². The number of carbonyl (C=O) groups excluding carboxylic acids is 1. The minimum absolute atomic E-state index is 0.0658. The Balaban J connectivity index is 1.91. The van der Waals surface area contributed by atoms with Crippen molar-refractivity contribution in [1.29, 1.82) is 0 Å². The summed E-state index contributed by atoms with van der Waals surface area (Å²) in [6.07, 6.45) is 1.73. The van der Waals surface area contributed by atoms with Crippen LogP contribution in [0.3, 0.4) is 0 Å². The van der Waals surface area contributed by atoms with E-state index in [0.717, 1.165) is 15.6 Å². The molecule has 0 saturated carbocycles. The molecule has 8 heteroatoms. The van der Waals surface area contributed by atoms with Crippen molar-refractivity contribution in [2.24, 2.45) is 5.73 Å². The molecule has 3 N–H and O–H groups in total. The minimum atomic E-state index is -0.898. The van der Waals surface area contributed by atoms with Gasteiger partial charge in [-0.2, -0.15) is 4.68 Å². The molecular formula is C22H18N4O4. The number of fused-ring (bicyclic) bond motifs is 3. The van der Waals surface area contributed by atoms with Crippen molar-refractivity contribution >= 4 is 33.5 Å². The van der Waals surface area contributed by atoms with Gasteiger partial charge < -0.3 is 15.5 Å². The first kappa shape index (κ1) is 18.0. The molecule has 8 nitrogen and oxygen atoms in total. The average Bonchev–Trinajstić information content (AvgIpc) is 3.31. The number of para-hydroxylation sites is 1. The lowest BCUT2D eigenvalue weighted by atomic mass is 9.99. The number of H-pyrrole nitrogens is 1. The highest BCUT2D eigenvalue weighted by Crippen LogP contribution is 2.37. The van der Waals surface area contributed by atoms with Gasteiger partial charge in [-0.05, 0) is 25.1 Å². The topological polar surface area (TPSA) is 112 Å². The molecule has 4 aromatic rings. The Hall–Kier alpha value is -4.07. The Labute approximate surface area is 169 Å². The highest BCUT2D eigenvalue weighted by molar-refractivity contribution is 5.99. The van der Waals surface area contributed by atoms with Gasteiger partial charge >= 0.3 is 5.97 Å². The maximum Gasteiger partial charge on any atom is 0.340 e. The van der Waals surface area contributed by atoms with Gasteiger partial charge in [-0.25, -0.2) is 9.48 Å². The molecule has 2 aromatic carbocycles. The fraction of sp³-hybridized carbons (Fsp3) is 0.136. The zero-order chi connectivity index (χ0) is 21.0. The monoisotopic (exact) mass is 402 g/mol. The highest BCUT2D eigenvalue weighted by atomic mass is 16.5. The lowest BCUT2D eigenvalue weighted by Crippen LogP contribution is -2.38. The third kappa shape index (κ3) is 2.30. The zero-order valence-corrected chi connectivity index (χ0v) is 16.1. The number of aromatic nitrogens is 3. The van der Waals surface area contributed by atoms with Crippen LogP contribution in [0.15, 0.2) is 69.9 Å². The second-order valence-corrected chi connectivity index (χ2v) is 7.02. The largest absolute Gasteiger partial charge is 0.462 e. The SMILES string of the molecule is CCOC(=O)C1=C(N)n2c(=O)c3ccccc3c(=O)n2C1c1c[nH]c2ccccc12. The van der Waals surface area contributed by atoms with Gasteiger partial charge in [0.1, 0.15) is 17.4 Å². The van der Waals surface area contributed by atoms with Crippen LogP contribution in [-0.4, -0.2) is 26.9 Å². The van der Waals surface area contributed by atoms with Crippen LogP contribution in [0.5, 0.6) is 0 Å². The number of hydrogen-bond donors (Lipinski definition) is 2. The van der Waals surface area contributed by atoms with Crippen LogP contribution in [0.2, 0.25) is 0 Å². The summed E-state index contributed by atoms with van der Waals surface area (Å²) in [5, 5.41) is 1.32. The summed E-state index contributed by atoms with van der Waals surface area (Å²) in [4.78, 5) is 42.7.